The highest BCUT2D eigenvalue weighted by Crippen LogP contribution is 2.17. The molecule has 0 unspecified atom stereocenters. The van der Waals surface area contributed by atoms with Gasteiger partial charge in [-0.25, -0.2) is 5.48 Å². The van der Waals surface area contributed by atoms with E-state index in [2.05, 4.69) is 20.4 Å². The van der Waals surface area contributed by atoms with E-state index in [0.29, 0.717) is 0 Å². The van der Waals surface area contributed by atoms with Gasteiger partial charge in [0.2, 0.25) is 5.95 Å². The highest BCUT2D eigenvalue weighted by molar-refractivity contribution is 5.42. The lowest BCUT2D eigenvalue weighted by atomic mass is 10.5. The van der Waals surface area contributed by atoms with Crippen LogP contribution in [0.5, 0.6) is 0 Å². The van der Waals surface area contributed by atoms with Gasteiger partial charge in [0.25, 0.3) is 11.9 Å². The zero-order valence-corrected chi connectivity index (χ0v) is 13.7. The van der Waals surface area contributed by atoms with Crippen LogP contribution in [-0.2, 0) is 9.68 Å². The Hall–Kier alpha value is -1.79. The zero-order valence-electron chi connectivity index (χ0n) is 13.7. The standard InChI is InChI=1S/C12H24N6O5/c1-8(2)22-16-10-13-11(17(5-19)6-20)15-12(14-10)18(7-21)23-9(3)4/h8-9,19-21H,5-7H2,1-4H3,(H,13,14,15,16). The summed E-state index contributed by atoms with van der Waals surface area (Å²) in [5.74, 6) is 0.0185. The molecule has 4 N–H and O–H groups in total. The molecule has 0 spiro atoms. The summed E-state index contributed by atoms with van der Waals surface area (Å²) in [5, 5.41) is 29.0. The summed E-state index contributed by atoms with van der Waals surface area (Å²) < 4.78 is 0. The molecule has 0 bridgehead atoms. The molecule has 0 aliphatic carbocycles. The monoisotopic (exact) mass is 332 g/mol. The number of nitrogens with zero attached hydrogens (tertiary/aromatic N) is 5. The Balaban J connectivity index is 3.15. The summed E-state index contributed by atoms with van der Waals surface area (Å²) in [6, 6.07) is 0. The van der Waals surface area contributed by atoms with Crippen LogP contribution >= 0.6 is 0 Å². The molecule has 23 heavy (non-hydrogen) atoms. The van der Waals surface area contributed by atoms with Crippen molar-refractivity contribution >= 4 is 17.8 Å². The van der Waals surface area contributed by atoms with Gasteiger partial charge in [-0.2, -0.15) is 20.0 Å². The predicted molar refractivity (Wildman–Crippen MR) is 82.1 cm³/mol. The van der Waals surface area contributed by atoms with E-state index in [1.54, 1.807) is 13.8 Å². The van der Waals surface area contributed by atoms with Crippen LogP contribution < -0.4 is 15.4 Å². The third kappa shape index (κ3) is 6.08. The van der Waals surface area contributed by atoms with Crippen LogP contribution in [0.2, 0.25) is 0 Å². The lowest BCUT2D eigenvalue weighted by Crippen LogP contribution is -2.32. The van der Waals surface area contributed by atoms with E-state index in [4.69, 9.17) is 9.68 Å². The van der Waals surface area contributed by atoms with Crippen LogP contribution in [0.15, 0.2) is 0 Å². The van der Waals surface area contributed by atoms with Gasteiger partial charge in [-0.15, -0.1) is 0 Å². The van der Waals surface area contributed by atoms with Crippen molar-refractivity contribution in [1.29, 1.82) is 0 Å². The van der Waals surface area contributed by atoms with Crippen LogP contribution in [0.1, 0.15) is 27.7 Å². The lowest BCUT2D eigenvalue weighted by molar-refractivity contribution is 0.0176. The summed E-state index contributed by atoms with van der Waals surface area (Å²) in [6.45, 7) is 5.67. The molecular weight excluding hydrogens is 308 g/mol. The molecule has 1 aromatic rings. The van der Waals surface area contributed by atoms with Gasteiger partial charge < -0.3 is 15.3 Å². The number of hydrogen-bond acceptors (Lipinski definition) is 11. The zero-order chi connectivity index (χ0) is 17.4. The van der Waals surface area contributed by atoms with E-state index in [1.807, 2.05) is 13.8 Å². The molecule has 0 fully saturated rings. The Bertz CT molecular complexity index is 471. The second kappa shape index (κ2) is 9.37. The minimum Gasteiger partial charge on any atom is -0.376 e. The fourth-order valence-electron chi connectivity index (χ4n) is 1.39. The Morgan fingerprint density at radius 2 is 1.52 bits per heavy atom. The summed E-state index contributed by atoms with van der Waals surface area (Å²) in [7, 11) is 0. The van der Waals surface area contributed by atoms with Gasteiger partial charge in [0.1, 0.15) is 20.2 Å². The van der Waals surface area contributed by atoms with E-state index < -0.39 is 20.2 Å². The Kier molecular flexibility index (Phi) is 7.85. The minimum atomic E-state index is -0.505. The average Bonchev–Trinajstić information content (AvgIpc) is 2.51. The fraction of sp³-hybridized carbons (Fsp3) is 0.750. The highest BCUT2D eigenvalue weighted by Gasteiger charge is 2.18. The molecule has 0 radical (unpaired) electrons. The lowest BCUT2D eigenvalue weighted by Gasteiger charge is -2.24. The smallest absolute Gasteiger partial charge is 0.258 e. The van der Waals surface area contributed by atoms with E-state index in [0.717, 1.165) is 9.96 Å². The quantitative estimate of drug-likeness (QED) is 0.324. The second-order valence-electron chi connectivity index (χ2n) is 5.02. The molecule has 0 aliphatic rings. The van der Waals surface area contributed by atoms with Crippen LogP contribution in [-0.4, -0.2) is 62.7 Å². The molecular formula is C12H24N6O5. The first-order valence-corrected chi connectivity index (χ1v) is 7.10. The number of aliphatic hydroxyl groups excluding tert-OH is 3. The maximum Gasteiger partial charge on any atom is 0.258 e. The molecule has 0 amide bonds. The Morgan fingerprint density at radius 3 is 2.00 bits per heavy atom. The molecule has 0 saturated heterocycles. The van der Waals surface area contributed by atoms with Crippen LogP contribution in [0.3, 0.4) is 0 Å². The van der Waals surface area contributed by atoms with Crippen molar-refractivity contribution in [3.05, 3.63) is 0 Å². The molecule has 0 aliphatic heterocycles. The SMILES string of the molecule is CC(C)ONc1nc(N(CO)CO)nc(N(CO)OC(C)C)n1. The number of rotatable bonds is 10. The number of hydroxylamine groups is 1. The summed E-state index contributed by atoms with van der Waals surface area (Å²) >= 11 is 0. The summed E-state index contributed by atoms with van der Waals surface area (Å²) in [6.07, 6.45) is -0.358. The maximum atomic E-state index is 9.42. The molecule has 1 aromatic heterocycles. The highest BCUT2D eigenvalue weighted by atomic mass is 16.7. The van der Waals surface area contributed by atoms with Crippen molar-refractivity contribution in [3.8, 4) is 0 Å². The van der Waals surface area contributed by atoms with E-state index in [9.17, 15) is 15.3 Å². The van der Waals surface area contributed by atoms with Crippen molar-refractivity contribution in [2.24, 2.45) is 0 Å². The Labute approximate surface area is 134 Å². The van der Waals surface area contributed by atoms with Crippen molar-refractivity contribution < 1.29 is 25.0 Å². The number of nitrogens with one attached hydrogen (secondary N) is 1. The van der Waals surface area contributed by atoms with Gasteiger partial charge >= 0.3 is 0 Å². The average molecular weight is 332 g/mol. The molecule has 0 saturated carbocycles. The van der Waals surface area contributed by atoms with Crippen LogP contribution in [0.4, 0.5) is 17.8 Å². The van der Waals surface area contributed by atoms with Crippen LogP contribution in [0, 0.1) is 0 Å². The molecule has 1 heterocycles. The van der Waals surface area contributed by atoms with E-state index >= 15 is 0 Å². The Morgan fingerprint density at radius 1 is 0.913 bits per heavy atom. The van der Waals surface area contributed by atoms with Gasteiger partial charge in [-0.1, -0.05) is 0 Å². The van der Waals surface area contributed by atoms with Crippen molar-refractivity contribution in [1.82, 2.24) is 15.0 Å². The van der Waals surface area contributed by atoms with Crippen molar-refractivity contribution in [2.75, 3.05) is 35.6 Å². The number of aromatic nitrogens is 3. The van der Waals surface area contributed by atoms with Crippen molar-refractivity contribution in [2.45, 2.75) is 39.9 Å². The largest absolute Gasteiger partial charge is 0.376 e. The fourth-order valence-corrected chi connectivity index (χ4v) is 1.39. The third-order valence-electron chi connectivity index (χ3n) is 2.31. The third-order valence-corrected chi connectivity index (χ3v) is 2.31. The maximum absolute atomic E-state index is 9.42. The van der Waals surface area contributed by atoms with Gasteiger partial charge in [0.05, 0.1) is 12.2 Å². The second-order valence-corrected chi connectivity index (χ2v) is 5.02. The first-order chi connectivity index (χ1) is 10.9. The summed E-state index contributed by atoms with van der Waals surface area (Å²) in [5.41, 5.74) is 2.54. The van der Waals surface area contributed by atoms with E-state index in [-0.39, 0.29) is 30.1 Å². The first-order valence-electron chi connectivity index (χ1n) is 7.10. The molecule has 11 nitrogen and oxygen atoms in total. The molecule has 0 atom stereocenters. The molecule has 0 aromatic carbocycles. The minimum absolute atomic E-state index is 0.00652. The normalized spacial score (nSPS) is 11.2. The molecule has 132 valence electrons. The first kappa shape index (κ1) is 19.3. The van der Waals surface area contributed by atoms with E-state index in [1.165, 1.54) is 0 Å². The topological polar surface area (TPSA) is 136 Å². The van der Waals surface area contributed by atoms with Gasteiger partial charge in [-0.05, 0) is 27.7 Å². The van der Waals surface area contributed by atoms with Crippen LogP contribution in [0.25, 0.3) is 0 Å². The molecule has 1 rings (SSSR count). The number of aliphatic hydroxyl groups is 3. The van der Waals surface area contributed by atoms with Gasteiger partial charge in [0, 0.05) is 0 Å². The summed E-state index contributed by atoms with van der Waals surface area (Å²) in [4.78, 5) is 23.8. The predicted octanol–water partition coefficient (Wildman–Crippen LogP) is -0.574. The number of anilines is 3. The van der Waals surface area contributed by atoms with Crippen molar-refractivity contribution in [3.63, 3.8) is 0 Å². The number of hydrogen-bond donors (Lipinski definition) is 4. The van der Waals surface area contributed by atoms with Gasteiger partial charge in [-0.3, -0.25) is 14.6 Å². The van der Waals surface area contributed by atoms with Gasteiger partial charge in [0.15, 0.2) is 0 Å². The molecule has 11 heteroatoms.